The SMILES string of the molecule is COc1cc(N)cc(OC)c1-n1ccnc1. The van der Waals surface area contributed by atoms with Crippen LogP contribution in [-0.2, 0) is 0 Å². The number of nitrogens with two attached hydrogens (primary N) is 1. The van der Waals surface area contributed by atoms with E-state index < -0.39 is 0 Å². The standard InChI is InChI=1S/C11H13N3O2/c1-15-9-5-8(12)6-10(16-2)11(9)14-4-3-13-7-14/h3-7H,12H2,1-2H3. The van der Waals surface area contributed by atoms with Crippen LogP contribution in [0.4, 0.5) is 5.69 Å². The molecule has 0 unspecified atom stereocenters. The van der Waals surface area contributed by atoms with Crippen molar-refractivity contribution in [2.75, 3.05) is 20.0 Å². The number of aromatic nitrogens is 2. The van der Waals surface area contributed by atoms with Gasteiger partial charge in [0.05, 0.1) is 20.5 Å². The molecule has 0 bridgehead atoms. The van der Waals surface area contributed by atoms with Crippen LogP contribution in [0.3, 0.4) is 0 Å². The van der Waals surface area contributed by atoms with E-state index >= 15 is 0 Å². The predicted molar refractivity (Wildman–Crippen MR) is 61.1 cm³/mol. The molecule has 2 aromatic rings. The lowest BCUT2D eigenvalue weighted by Gasteiger charge is -2.14. The van der Waals surface area contributed by atoms with Crippen molar-refractivity contribution in [2.24, 2.45) is 0 Å². The van der Waals surface area contributed by atoms with Crippen LogP contribution in [0, 0.1) is 0 Å². The lowest BCUT2D eigenvalue weighted by molar-refractivity contribution is 0.391. The summed E-state index contributed by atoms with van der Waals surface area (Å²) in [7, 11) is 3.18. The molecule has 1 heterocycles. The molecule has 0 aliphatic carbocycles. The summed E-state index contributed by atoms with van der Waals surface area (Å²) in [6.07, 6.45) is 5.18. The highest BCUT2D eigenvalue weighted by Gasteiger charge is 2.13. The molecule has 0 spiro atoms. The van der Waals surface area contributed by atoms with Crippen LogP contribution >= 0.6 is 0 Å². The number of nitrogens with zero attached hydrogens (tertiary/aromatic N) is 2. The molecule has 16 heavy (non-hydrogen) atoms. The van der Waals surface area contributed by atoms with Gasteiger partial charge in [-0.2, -0.15) is 0 Å². The van der Waals surface area contributed by atoms with Crippen LogP contribution < -0.4 is 15.2 Å². The maximum atomic E-state index is 5.75. The van der Waals surface area contributed by atoms with Crippen LogP contribution in [0.2, 0.25) is 0 Å². The fourth-order valence-electron chi connectivity index (χ4n) is 1.56. The van der Waals surface area contributed by atoms with E-state index in [1.54, 1.807) is 38.9 Å². The first kappa shape index (κ1) is 10.4. The first-order chi connectivity index (χ1) is 7.76. The summed E-state index contributed by atoms with van der Waals surface area (Å²) in [5.74, 6) is 1.30. The van der Waals surface area contributed by atoms with Gasteiger partial charge in [-0.1, -0.05) is 0 Å². The van der Waals surface area contributed by atoms with Crippen molar-refractivity contribution < 1.29 is 9.47 Å². The van der Waals surface area contributed by atoms with Gasteiger partial charge in [-0.3, -0.25) is 4.57 Å². The first-order valence-corrected chi connectivity index (χ1v) is 4.76. The van der Waals surface area contributed by atoms with Crippen molar-refractivity contribution in [3.8, 4) is 17.2 Å². The second-order valence-electron chi connectivity index (χ2n) is 3.24. The monoisotopic (exact) mass is 219 g/mol. The summed E-state index contributed by atoms with van der Waals surface area (Å²) in [6.45, 7) is 0. The van der Waals surface area contributed by atoms with E-state index in [-0.39, 0.29) is 0 Å². The zero-order chi connectivity index (χ0) is 11.5. The Morgan fingerprint density at radius 2 is 1.81 bits per heavy atom. The third-order valence-corrected chi connectivity index (χ3v) is 2.26. The minimum Gasteiger partial charge on any atom is -0.494 e. The van der Waals surface area contributed by atoms with Crippen molar-refractivity contribution in [1.82, 2.24) is 9.55 Å². The topological polar surface area (TPSA) is 62.3 Å². The quantitative estimate of drug-likeness (QED) is 0.794. The molecule has 0 amide bonds. The van der Waals surface area contributed by atoms with Crippen LogP contribution in [0.15, 0.2) is 30.9 Å². The second-order valence-corrected chi connectivity index (χ2v) is 3.24. The molecule has 0 aliphatic heterocycles. The van der Waals surface area contributed by atoms with Gasteiger partial charge in [0.2, 0.25) is 0 Å². The normalized spacial score (nSPS) is 10.1. The van der Waals surface area contributed by atoms with Gasteiger partial charge >= 0.3 is 0 Å². The maximum Gasteiger partial charge on any atom is 0.148 e. The molecular formula is C11H13N3O2. The molecule has 0 aliphatic rings. The van der Waals surface area contributed by atoms with Gasteiger partial charge in [0.15, 0.2) is 0 Å². The van der Waals surface area contributed by atoms with Gasteiger partial charge in [0.25, 0.3) is 0 Å². The van der Waals surface area contributed by atoms with Crippen molar-refractivity contribution in [3.63, 3.8) is 0 Å². The minimum atomic E-state index is 0.595. The smallest absolute Gasteiger partial charge is 0.148 e. The van der Waals surface area contributed by atoms with E-state index in [2.05, 4.69) is 4.98 Å². The van der Waals surface area contributed by atoms with E-state index in [0.717, 1.165) is 5.69 Å². The number of ether oxygens (including phenoxy) is 2. The third-order valence-electron chi connectivity index (χ3n) is 2.26. The second kappa shape index (κ2) is 4.14. The number of imidazole rings is 1. The number of nitrogen functional groups attached to an aromatic ring is 1. The highest BCUT2D eigenvalue weighted by atomic mass is 16.5. The van der Waals surface area contributed by atoms with E-state index in [1.165, 1.54) is 0 Å². The summed E-state index contributed by atoms with van der Waals surface area (Å²) in [6, 6.07) is 3.50. The number of rotatable bonds is 3. The predicted octanol–water partition coefficient (Wildman–Crippen LogP) is 1.47. The van der Waals surface area contributed by atoms with Crippen molar-refractivity contribution in [1.29, 1.82) is 0 Å². The Bertz CT molecular complexity index is 455. The molecule has 0 fully saturated rings. The molecule has 5 heteroatoms. The Labute approximate surface area is 93.4 Å². The van der Waals surface area contributed by atoms with Crippen molar-refractivity contribution in [2.45, 2.75) is 0 Å². The van der Waals surface area contributed by atoms with E-state index in [9.17, 15) is 0 Å². The zero-order valence-corrected chi connectivity index (χ0v) is 9.18. The summed E-state index contributed by atoms with van der Waals surface area (Å²) >= 11 is 0. The highest BCUT2D eigenvalue weighted by Crippen LogP contribution is 2.34. The molecule has 2 rings (SSSR count). The summed E-state index contributed by atoms with van der Waals surface area (Å²) in [5.41, 5.74) is 7.13. The maximum absolute atomic E-state index is 5.75. The fourth-order valence-corrected chi connectivity index (χ4v) is 1.56. The fraction of sp³-hybridized carbons (Fsp3) is 0.182. The average molecular weight is 219 g/mol. The van der Waals surface area contributed by atoms with Gasteiger partial charge in [0.1, 0.15) is 17.2 Å². The minimum absolute atomic E-state index is 0.595. The molecule has 0 saturated heterocycles. The molecule has 1 aromatic heterocycles. The summed E-state index contributed by atoms with van der Waals surface area (Å²) in [5, 5.41) is 0. The summed E-state index contributed by atoms with van der Waals surface area (Å²) < 4.78 is 12.4. The molecule has 0 saturated carbocycles. The van der Waals surface area contributed by atoms with Gasteiger partial charge < -0.3 is 15.2 Å². The van der Waals surface area contributed by atoms with E-state index in [0.29, 0.717) is 17.2 Å². The van der Waals surface area contributed by atoms with Gasteiger partial charge in [0, 0.05) is 30.2 Å². The molecular weight excluding hydrogens is 206 g/mol. The lowest BCUT2D eigenvalue weighted by Crippen LogP contribution is -2.01. The molecule has 84 valence electrons. The Morgan fingerprint density at radius 1 is 1.19 bits per heavy atom. The molecule has 0 radical (unpaired) electrons. The first-order valence-electron chi connectivity index (χ1n) is 4.76. The Morgan fingerprint density at radius 3 is 2.25 bits per heavy atom. The average Bonchev–Trinajstić information content (AvgIpc) is 2.80. The van der Waals surface area contributed by atoms with Gasteiger partial charge in [-0.25, -0.2) is 4.98 Å². The van der Waals surface area contributed by atoms with Crippen molar-refractivity contribution >= 4 is 5.69 Å². The van der Waals surface area contributed by atoms with Crippen LogP contribution in [-0.4, -0.2) is 23.8 Å². The van der Waals surface area contributed by atoms with E-state index in [1.807, 2.05) is 10.8 Å². The zero-order valence-electron chi connectivity index (χ0n) is 9.18. The van der Waals surface area contributed by atoms with Crippen LogP contribution in [0.25, 0.3) is 5.69 Å². The van der Waals surface area contributed by atoms with Gasteiger partial charge in [-0.15, -0.1) is 0 Å². The Balaban J connectivity index is 2.65. The van der Waals surface area contributed by atoms with Crippen LogP contribution in [0.5, 0.6) is 11.5 Å². The number of anilines is 1. The van der Waals surface area contributed by atoms with Crippen LogP contribution in [0.1, 0.15) is 0 Å². The number of benzene rings is 1. The third kappa shape index (κ3) is 1.67. The molecule has 5 nitrogen and oxygen atoms in total. The van der Waals surface area contributed by atoms with E-state index in [4.69, 9.17) is 15.2 Å². The molecule has 0 atom stereocenters. The summed E-state index contributed by atoms with van der Waals surface area (Å²) in [4.78, 5) is 3.99. The Kier molecular flexibility index (Phi) is 2.68. The lowest BCUT2D eigenvalue weighted by atomic mass is 10.2. The van der Waals surface area contributed by atoms with Crippen molar-refractivity contribution in [3.05, 3.63) is 30.9 Å². The molecule has 1 aromatic carbocycles. The largest absolute Gasteiger partial charge is 0.494 e. The molecule has 2 N–H and O–H groups in total. The van der Waals surface area contributed by atoms with Gasteiger partial charge in [-0.05, 0) is 0 Å². The number of hydrogen-bond acceptors (Lipinski definition) is 4. The highest BCUT2D eigenvalue weighted by molar-refractivity contribution is 5.64. The number of methoxy groups -OCH3 is 2. The Hall–Kier alpha value is -2.17. The number of hydrogen-bond donors (Lipinski definition) is 1.